The molecule has 2 heterocycles. The molecule has 1 N–H and O–H groups in total. The summed E-state index contributed by atoms with van der Waals surface area (Å²) in [6.45, 7) is 5.29. The summed E-state index contributed by atoms with van der Waals surface area (Å²) >= 11 is 0. The van der Waals surface area contributed by atoms with Crippen LogP contribution in [0, 0.1) is 11.6 Å². The third-order valence-corrected chi connectivity index (χ3v) is 4.03. The molecule has 1 aromatic carbocycles. The van der Waals surface area contributed by atoms with Crippen LogP contribution in [0.2, 0.25) is 0 Å². The fourth-order valence-electron chi connectivity index (χ4n) is 2.60. The number of hydrogen-bond donors (Lipinski definition) is 1. The first-order valence-corrected chi connectivity index (χ1v) is 7.95. The first kappa shape index (κ1) is 16.7. The lowest BCUT2D eigenvalue weighted by atomic mass is 10.1. The van der Waals surface area contributed by atoms with Crippen LogP contribution < -0.4 is 10.2 Å². The van der Waals surface area contributed by atoms with Crippen LogP contribution in [0.3, 0.4) is 0 Å². The van der Waals surface area contributed by atoms with Gasteiger partial charge in [-0.3, -0.25) is 0 Å². The van der Waals surface area contributed by atoms with Crippen molar-refractivity contribution in [1.82, 2.24) is 15.3 Å². The molecule has 0 unspecified atom stereocenters. The van der Waals surface area contributed by atoms with Crippen molar-refractivity contribution in [1.29, 1.82) is 0 Å². The molecule has 1 saturated heterocycles. The molecule has 128 valence electrons. The molecular formula is C17H20F2N4O. The lowest BCUT2D eigenvalue weighted by molar-refractivity contribution is 0.122. The van der Waals surface area contributed by atoms with E-state index in [1.165, 1.54) is 12.1 Å². The van der Waals surface area contributed by atoms with E-state index < -0.39 is 11.6 Å². The number of anilines is 1. The normalized spacial score (nSPS) is 16.2. The maximum absolute atomic E-state index is 13.8. The first-order valence-electron chi connectivity index (χ1n) is 7.95. The maximum Gasteiger partial charge on any atom is 0.225 e. The van der Waals surface area contributed by atoms with Crippen molar-refractivity contribution in [3.63, 3.8) is 0 Å². The van der Waals surface area contributed by atoms with E-state index >= 15 is 0 Å². The van der Waals surface area contributed by atoms with Crippen LogP contribution in [-0.4, -0.2) is 36.3 Å². The van der Waals surface area contributed by atoms with Crippen molar-refractivity contribution >= 4 is 5.95 Å². The SMILES string of the molecule is C[C@@H](NCc1cnc(N2CCOCC2)nc1)c1ccc(F)cc1F. The Bertz CT molecular complexity index is 675. The van der Waals surface area contributed by atoms with E-state index in [-0.39, 0.29) is 6.04 Å². The lowest BCUT2D eigenvalue weighted by Crippen LogP contribution is -2.37. The Hall–Kier alpha value is -2.12. The molecule has 24 heavy (non-hydrogen) atoms. The number of halogens is 2. The van der Waals surface area contributed by atoms with Crippen molar-refractivity contribution < 1.29 is 13.5 Å². The molecule has 3 rings (SSSR count). The highest BCUT2D eigenvalue weighted by Gasteiger charge is 2.14. The van der Waals surface area contributed by atoms with Crippen LogP contribution in [0.1, 0.15) is 24.1 Å². The molecule has 7 heteroatoms. The Labute approximate surface area is 139 Å². The summed E-state index contributed by atoms with van der Waals surface area (Å²) in [5.74, 6) is -0.427. The van der Waals surface area contributed by atoms with Crippen LogP contribution in [-0.2, 0) is 11.3 Å². The fraction of sp³-hybridized carbons (Fsp3) is 0.412. The largest absolute Gasteiger partial charge is 0.378 e. The molecular weight excluding hydrogens is 314 g/mol. The van der Waals surface area contributed by atoms with E-state index in [2.05, 4.69) is 20.2 Å². The molecule has 0 radical (unpaired) electrons. The number of nitrogens with one attached hydrogen (secondary N) is 1. The minimum Gasteiger partial charge on any atom is -0.378 e. The second kappa shape index (κ2) is 7.63. The van der Waals surface area contributed by atoms with Crippen LogP contribution in [0.15, 0.2) is 30.6 Å². The van der Waals surface area contributed by atoms with Gasteiger partial charge in [-0.05, 0) is 13.0 Å². The quantitative estimate of drug-likeness (QED) is 0.910. The van der Waals surface area contributed by atoms with Gasteiger partial charge in [-0.25, -0.2) is 18.7 Å². The molecule has 1 atom stereocenters. The zero-order valence-electron chi connectivity index (χ0n) is 13.5. The van der Waals surface area contributed by atoms with Gasteiger partial charge in [0.15, 0.2) is 0 Å². The van der Waals surface area contributed by atoms with Gasteiger partial charge >= 0.3 is 0 Å². The zero-order chi connectivity index (χ0) is 16.9. The molecule has 5 nitrogen and oxygen atoms in total. The van der Waals surface area contributed by atoms with Gasteiger partial charge in [0.2, 0.25) is 5.95 Å². The number of rotatable bonds is 5. The number of nitrogens with zero attached hydrogens (tertiary/aromatic N) is 3. The Morgan fingerprint density at radius 3 is 2.58 bits per heavy atom. The van der Waals surface area contributed by atoms with E-state index in [0.717, 1.165) is 24.7 Å². The van der Waals surface area contributed by atoms with Crippen molar-refractivity contribution in [3.05, 3.63) is 53.4 Å². The van der Waals surface area contributed by atoms with Crippen molar-refractivity contribution in [2.75, 3.05) is 31.2 Å². The van der Waals surface area contributed by atoms with Gasteiger partial charge in [0.25, 0.3) is 0 Å². The van der Waals surface area contributed by atoms with Crippen LogP contribution in [0.25, 0.3) is 0 Å². The summed E-state index contributed by atoms with van der Waals surface area (Å²) in [7, 11) is 0. The zero-order valence-corrected chi connectivity index (χ0v) is 13.5. The van der Waals surface area contributed by atoms with Crippen molar-refractivity contribution in [3.8, 4) is 0 Å². The Morgan fingerprint density at radius 1 is 1.21 bits per heavy atom. The maximum atomic E-state index is 13.8. The molecule has 1 aromatic heterocycles. The van der Waals surface area contributed by atoms with Crippen molar-refractivity contribution in [2.24, 2.45) is 0 Å². The van der Waals surface area contributed by atoms with Gasteiger partial charge in [-0.2, -0.15) is 0 Å². The third kappa shape index (κ3) is 4.04. The number of benzene rings is 1. The van der Waals surface area contributed by atoms with E-state index in [1.54, 1.807) is 12.4 Å². The smallest absolute Gasteiger partial charge is 0.225 e. The van der Waals surface area contributed by atoms with E-state index in [4.69, 9.17) is 4.74 Å². The molecule has 1 aliphatic rings. The topological polar surface area (TPSA) is 50.3 Å². The molecule has 0 saturated carbocycles. The Morgan fingerprint density at radius 2 is 1.92 bits per heavy atom. The highest BCUT2D eigenvalue weighted by molar-refractivity contribution is 5.30. The second-order valence-electron chi connectivity index (χ2n) is 5.76. The highest BCUT2D eigenvalue weighted by atomic mass is 19.1. The molecule has 1 fully saturated rings. The molecule has 2 aromatic rings. The second-order valence-corrected chi connectivity index (χ2v) is 5.76. The van der Waals surface area contributed by atoms with Gasteiger partial charge in [-0.15, -0.1) is 0 Å². The number of aromatic nitrogens is 2. The summed E-state index contributed by atoms with van der Waals surface area (Å²) in [5.41, 5.74) is 1.34. The monoisotopic (exact) mass is 334 g/mol. The summed E-state index contributed by atoms with van der Waals surface area (Å²) < 4.78 is 32.0. The Kier molecular flexibility index (Phi) is 5.32. The minimum absolute atomic E-state index is 0.246. The Balaban J connectivity index is 1.58. The van der Waals surface area contributed by atoms with Gasteiger partial charge in [-0.1, -0.05) is 6.07 Å². The fourth-order valence-corrected chi connectivity index (χ4v) is 2.60. The van der Waals surface area contributed by atoms with Crippen LogP contribution in [0.5, 0.6) is 0 Å². The summed E-state index contributed by atoms with van der Waals surface area (Å²) in [5, 5.41) is 3.20. The summed E-state index contributed by atoms with van der Waals surface area (Å²) in [6.07, 6.45) is 3.52. The minimum atomic E-state index is -0.574. The highest BCUT2D eigenvalue weighted by Crippen LogP contribution is 2.18. The summed E-state index contributed by atoms with van der Waals surface area (Å²) in [6, 6.07) is 3.37. The predicted molar refractivity (Wildman–Crippen MR) is 86.7 cm³/mol. The van der Waals surface area contributed by atoms with Crippen molar-refractivity contribution in [2.45, 2.75) is 19.5 Å². The van der Waals surface area contributed by atoms with Gasteiger partial charge in [0, 0.05) is 55.3 Å². The van der Waals surface area contributed by atoms with Gasteiger partial charge < -0.3 is 15.0 Å². The molecule has 0 amide bonds. The molecule has 0 spiro atoms. The van der Waals surface area contributed by atoms with E-state index in [0.29, 0.717) is 31.3 Å². The molecule has 1 aliphatic heterocycles. The van der Waals surface area contributed by atoms with E-state index in [9.17, 15) is 8.78 Å². The van der Waals surface area contributed by atoms with E-state index in [1.807, 2.05) is 6.92 Å². The molecule has 0 aliphatic carbocycles. The third-order valence-electron chi connectivity index (χ3n) is 4.03. The van der Waals surface area contributed by atoms with Crippen LogP contribution >= 0.6 is 0 Å². The predicted octanol–water partition coefficient (Wildman–Crippen LogP) is 2.44. The number of morpholine rings is 1. The van der Waals surface area contributed by atoms with Crippen LogP contribution in [0.4, 0.5) is 14.7 Å². The van der Waals surface area contributed by atoms with Gasteiger partial charge in [0.05, 0.1) is 13.2 Å². The lowest BCUT2D eigenvalue weighted by Gasteiger charge is -2.26. The first-order chi connectivity index (χ1) is 11.6. The number of hydrogen-bond acceptors (Lipinski definition) is 5. The summed E-state index contributed by atoms with van der Waals surface area (Å²) in [4.78, 5) is 10.8. The standard InChI is InChI=1S/C17H20F2N4O/c1-12(15-3-2-14(18)8-16(15)19)20-9-13-10-21-17(22-11-13)23-4-6-24-7-5-23/h2-3,8,10-12,20H,4-7,9H2,1H3/t12-/m1/s1. The average Bonchev–Trinajstić information content (AvgIpc) is 2.61. The average molecular weight is 334 g/mol. The molecule has 0 bridgehead atoms. The number of ether oxygens (including phenoxy) is 1. The van der Waals surface area contributed by atoms with Gasteiger partial charge in [0.1, 0.15) is 11.6 Å².